The van der Waals surface area contributed by atoms with E-state index in [-0.39, 0.29) is 5.84 Å². The van der Waals surface area contributed by atoms with Crippen molar-refractivity contribution >= 4 is 37.7 Å². The number of ether oxygens (including phenoxy) is 1. The molecule has 2 aromatic rings. The fraction of sp³-hybridized carbons (Fsp3) is 0.0769. The molecule has 104 valence electrons. The summed E-state index contributed by atoms with van der Waals surface area (Å²) in [5.74, 6) is 0.512. The summed E-state index contributed by atoms with van der Waals surface area (Å²) in [6, 6.07) is 9.03. The third kappa shape index (κ3) is 3.71. The molecule has 0 bridgehead atoms. The van der Waals surface area contributed by atoms with Crippen molar-refractivity contribution in [2.24, 2.45) is 10.9 Å². The van der Waals surface area contributed by atoms with Gasteiger partial charge in [0, 0.05) is 15.1 Å². The van der Waals surface area contributed by atoms with Crippen LogP contribution in [0.5, 0.6) is 5.75 Å². The summed E-state index contributed by atoms with van der Waals surface area (Å²) in [5, 5.41) is 11.8. The number of nitrogens with zero attached hydrogens (tertiary/aromatic N) is 2. The molecule has 1 aromatic heterocycles. The summed E-state index contributed by atoms with van der Waals surface area (Å²) in [6.07, 6.45) is 1.70. The Kier molecular flexibility index (Phi) is 4.97. The largest absolute Gasteiger partial charge is 0.487 e. The number of nitrogens with two attached hydrogens (primary N) is 1. The van der Waals surface area contributed by atoms with Crippen LogP contribution in [0.2, 0.25) is 0 Å². The molecule has 1 aromatic carbocycles. The minimum Gasteiger partial charge on any atom is -0.487 e. The summed E-state index contributed by atoms with van der Waals surface area (Å²) >= 11 is 6.65. The van der Waals surface area contributed by atoms with Gasteiger partial charge in [0.1, 0.15) is 12.4 Å². The highest BCUT2D eigenvalue weighted by atomic mass is 79.9. The molecule has 0 aliphatic carbocycles. The van der Waals surface area contributed by atoms with Crippen LogP contribution in [-0.2, 0) is 6.61 Å². The quantitative estimate of drug-likeness (QED) is 0.357. The molecule has 0 radical (unpaired) electrons. The van der Waals surface area contributed by atoms with Crippen LogP contribution < -0.4 is 10.5 Å². The van der Waals surface area contributed by atoms with Crippen molar-refractivity contribution in [2.75, 3.05) is 0 Å². The van der Waals surface area contributed by atoms with E-state index in [0.717, 1.165) is 14.6 Å². The number of hydrogen-bond donors (Lipinski definition) is 2. The van der Waals surface area contributed by atoms with Gasteiger partial charge in [-0.15, -0.1) is 0 Å². The molecule has 1 heterocycles. The highest BCUT2D eigenvalue weighted by Gasteiger charge is 2.09. The molecule has 2 rings (SSSR count). The zero-order valence-corrected chi connectivity index (χ0v) is 13.4. The molecular weight excluding hydrogens is 390 g/mol. The number of rotatable bonds is 4. The van der Waals surface area contributed by atoms with Crippen molar-refractivity contribution in [1.82, 2.24) is 4.98 Å². The maximum absolute atomic E-state index is 8.79. The van der Waals surface area contributed by atoms with E-state index >= 15 is 0 Å². The first-order chi connectivity index (χ1) is 9.60. The van der Waals surface area contributed by atoms with Gasteiger partial charge in [-0.1, -0.05) is 21.1 Å². The van der Waals surface area contributed by atoms with Crippen molar-refractivity contribution < 1.29 is 9.94 Å². The Hall–Kier alpha value is -1.60. The van der Waals surface area contributed by atoms with E-state index in [2.05, 4.69) is 42.0 Å². The number of aromatic nitrogens is 1. The number of oxime groups is 1. The molecule has 5 nitrogen and oxygen atoms in total. The smallest absolute Gasteiger partial charge is 0.173 e. The Morgan fingerprint density at radius 2 is 2.00 bits per heavy atom. The van der Waals surface area contributed by atoms with Crippen LogP contribution in [0.15, 0.2) is 50.6 Å². The van der Waals surface area contributed by atoms with Gasteiger partial charge < -0.3 is 15.7 Å². The molecule has 0 fully saturated rings. The molecule has 0 atom stereocenters. The Balaban J connectivity index is 2.19. The van der Waals surface area contributed by atoms with E-state index < -0.39 is 0 Å². The molecule has 0 aliphatic rings. The SMILES string of the molecule is N/C(=N/O)c1cc(Br)ccc1OCc1ccc(Br)cn1. The van der Waals surface area contributed by atoms with Crippen LogP contribution in [0, 0.1) is 0 Å². The Bertz CT molecular complexity index is 630. The maximum atomic E-state index is 8.79. The second-order valence-corrected chi connectivity index (χ2v) is 5.71. The van der Waals surface area contributed by atoms with Gasteiger partial charge in [-0.3, -0.25) is 4.98 Å². The lowest BCUT2D eigenvalue weighted by Crippen LogP contribution is -2.15. The summed E-state index contributed by atoms with van der Waals surface area (Å²) in [5.41, 5.74) is 6.92. The van der Waals surface area contributed by atoms with Crippen molar-refractivity contribution in [3.63, 3.8) is 0 Å². The number of halogens is 2. The number of pyridine rings is 1. The lowest BCUT2D eigenvalue weighted by Gasteiger charge is -2.10. The van der Waals surface area contributed by atoms with Crippen molar-refractivity contribution in [2.45, 2.75) is 6.61 Å². The third-order valence-electron chi connectivity index (χ3n) is 2.49. The van der Waals surface area contributed by atoms with E-state index in [0.29, 0.717) is 17.9 Å². The first kappa shape index (κ1) is 14.8. The Labute approximate surface area is 132 Å². The van der Waals surface area contributed by atoms with Crippen molar-refractivity contribution in [1.29, 1.82) is 0 Å². The lowest BCUT2D eigenvalue weighted by molar-refractivity contribution is 0.299. The fourth-order valence-electron chi connectivity index (χ4n) is 1.53. The second-order valence-electron chi connectivity index (χ2n) is 3.88. The standard InChI is InChI=1S/C13H11Br2N3O2/c14-8-2-4-12(11(5-8)13(16)18-19)20-7-10-3-1-9(15)6-17-10/h1-6,19H,7H2,(H2,16,18). The Morgan fingerprint density at radius 3 is 2.65 bits per heavy atom. The molecule has 0 aliphatic heterocycles. The van der Waals surface area contributed by atoms with Gasteiger partial charge in [-0.05, 0) is 46.3 Å². The van der Waals surface area contributed by atoms with Crippen LogP contribution in [0.1, 0.15) is 11.3 Å². The minimum atomic E-state index is -0.00920. The zero-order chi connectivity index (χ0) is 14.5. The lowest BCUT2D eigenvalue weighted by atomic mass is 10.2. The monoisotopic (exact) mass is 399 g/mol. The van der Waals surface area contributed by atoms with Gasteiger partial charge in [-0.2, -0.15) is 0 Å². The molecule has 0 saturated carbocycles. The van der Waals surface area contributed by atoms with Crippen LogP contribution in [0.25, 0.3) is 0 Å². The first-order valence-electron chi connectivity index (χ1n) is 5.61. The van der Waals surface area contributed by atoms with E-state index in [1.807, 2.05) is 18.2 Å². The normalized spacial score (nSPS) is 11.4. The van der Waals surface area contributed by atoms with E-state index in [4.69, 9.17) is 15.7 Å². The van der Waals surface area contributed by atoms with Crippen molar-refractivity contribution in [3.8, 4) is 5.75 Å². The van der Waals surface area contributed by atoms with Crippen LogP contribution in [-0.4, -0.2) is 16.0 Å². The summed E-state index contributed by atoms with van der Waals surface area (Å²) < 4.78 is 7.39. The summed E-state index contributed by atoms with van der Waals surface area (Å²) in [7, 11) is 0. The van der Waals surface area contributed by atoms with Gasteiger partial charge >= 0.3 is 0 Å². The molecule has 0 amide bonds. The zero-order valence-electron chi connectivity index (χ0n) is 10.3. The van der Waals surface area contributed by atoms with Crippen LogP contribution in [0.4, 0.5) is 0 Å². The summed E-state index contributed by atoms with van der Waals surface area (Å²) in [6.45, 7) is 0.292. The minimum absolute atomic E-state index is 0.00920. The Morgan fingerprint density at radius 1 is 1.25 bits per heavy atom. The van der Waals surface area contributed by atoms with Gasteiger partial charge in [0.2, 0.25) is 0 Å². The summed E-state index contributed by atoms with van der Waals surface area (Å²) in [4.78, 5) is 4.21. The number of benzene rings is 1. The van der Waals surface area contributed by atoms with Gasteiger partial charge in [0.15, 0.2) is 5.84 Å². The van der Waals surface area contributed by atoms with E-state index in [1.54, 1.807) is 18.3 Å². The van der Waals surface area contributed by atoms with Gasteiger partial charge in [0.05, 0.1) is 11.3 Å². The van der Waals surface area contributed by atoms with E-state index in [1.165, 1.54) is 0 Å². The molecule has 0 spiro atoms. The third-order valence-corrected chi connectivity index (χ3v) is 3.45. The predicted molar refractivity (Wildman–Crippen MR) is 82.9 cm³/mol. The van der Waals surface area contributed by atoms with Gasteiger partial charge in [-0.25, -0.2) is 0 Å². The first-order valence-corrected chi connectivity index (χ1v) is 7.19. The molecule has 0 saturated heterocycles. The maximum Gasteiger partial charge on any atom is 0.173 e. The highest BCUT2D eigenvalue weighted by Crippen LogP contribution is 2.24. The molecule has 20 heavy (non-hydrogen) atoms. The second kappa shape index (κ2) is 6.71. The number of hydrogen-bond acceptors (Lipinski definition) is 4. The molecule has 3 N–H and O–H groups in total. The highest BCUT2D eigenvalue weighted by molar-refractivity contribution is 9.10. The van der Waals surface area contributed by atoms with Crippen molar-refractivity contribution in [3.05, 3.63) is 56.7 Å². The molecule has 7 heteroatoms. The van der Waals surface area contributed by atoms with Gasteiger partial charge in [0.25, 0.3) is 0 Å². The predicted octanol–water partition coefficient (Wildman–Crippen LogP) is 3.28. The molecular formula is C13H11Br2N3O2. The average molecular weight is 401 g/mol. The van der Waals surface area contributed by atoms with Crippen LogP contribution >= 0.6 is 31.9 Å². The number of amidine groups is 1. The van der Waals surface area contributed by atoms with Crippen LogP contribution in [0.3, 0.4) is 0 Å². The topological polar surface area (TPSA) is 80.7 Å². The fourth-order valence-corrected chi connectivity index (χ4v) is 2.12. The molecule has 0 unspecified atom stereocenters. The van der Waals surface area contributed by atoms with E-state index in [9.17, 15) is 0 Å². The average Bonchev–Trinajstić information content (AvgIpc) is 2.46.